The van der Waals surface area contributed by atoms with Gasteiger partial charge >= 0.3 is 0 Å². The number of rotatable bonds is 23. The van der Waals surface area contributed by atoms with Gasteiger partial charge in [-0.3, -0.25) is 4.18 Å². The molecule has 1 heterocycles. The second-order valence-electron chi connectivity index (χ2n) is 12.1. The highest BCUT2D eigenvalue weighted by atomic mass is 32.2. The minimum absolute atomic E-state index is 0.000760. The SMILES string of the molecule is CCS(=O)(=O)c1ccc(N=Nc2c(SOOO)cc3cc(Nc4nc(Nc5ccc(S(=O)(=O)CCOSOOO)cc5)nc(Nc5cccc(SOOO)c5)n4)ccc3c2O)cc1. The van der Waals surface area contributed by atoms with Crippen molar-refractivity contribution in [2.45, 2.75) is 26.5 Å². The first-order valence-corrected chi connectivity index (χ1v) is 23.0. The molecule has 6 aromatic rings. The zero-order chi connectivity index (χ0) is 44.8. The van der Waals surface area contributed by atoms with Crippen LogP contribution in [0.5, 0.6) is 5.75 Å². The van der Waals surface area contributed by atoms with E-state index in [-0.39, 0.29) is 68.7 Å². The fraction of sp³-hybridized carbons (Fsp3) is 0.114. The number of hydrogen-bond donors (Lipinski definition) is 7. The highest BCUT2D eigenvalue weighted by Gasteiger charge is 2.18. The largest absolute Gasteiger partial charge is 0.505 e. The van der Waals surface area contributed by atoms with Crippen LogP contribution in [0.25, 0.3) is 10.8 Å². The highest BCUT2D eigenvalue weighted by Crippen LogP contribution is 2.44. The molecular weight excluding hydrogens is 933 g/mol. The summed E-state index contributed by atoms with van der Waals surface area (Å²) in [6, 6.07) is 24.7. The first kappa shape index (κ1) is 47.2. The maximum absolute atomic E-state index is 12.8. The number of phenolic OH excluding ortho intramolecular Hbond substituents is 1. The van der Waals surface area contributed by atoms with Crippen LogP contribution in [0.1, 0.15) is 6.92 Å². The lowest BCUT2D eigenvalue weighted by molar-refractivity contribution is -0.434. The molecule has 0 aliphatic carbocycles. The second-order valence-corrected chi connectivity index (χ2v) is 18.6. The van der Waals surface area contributed by atoms with Crippen molar-refractivity contribution in [3.05, 3.63) is 97.1 Å². The zero-order valence-electron chi connectivity index (χ0n) is 31.9. The summed E-state index contributed by atoms with van der Waals surface area (Å²) >= 11 is 1.53. The van der Waals surface area contributed by atoms with Gasteiger partial charge in [0.25, 0.3) is 0 Å². The molecule has 6 rings (SSSR count). The van der Waals surface area contributed by atoms with E-state index in [0.717, 1.165) is 12.0 Å². The van der Waals surface area contributed by atoms with Gasteiger partial charge in [-0.05, 0) is 96.4 Å². The third kappa shape index (κ3) is 13.1. The lowest BCUT2D eigenvalue weighted by atomic mass is 10.1. The summed E-state index contributed by atoms with van der Waals surface area (Å²) in [5, 5.41) is 66.2. The predicted molar refractivity (Wildman–Crippen MR) is 228 cm³/mol. The first-order chi connectivity index (χ1) is 30.4. The van der Waals surface area contributed by atoms with Gasteiger partial charge < -0.3 is 21.1 Å². The van der Waals surface area contributed by atoms with Crippen LogP contribution < -0.4 is 16.0 Å². The molecule has 63 heavy (non-hydrogen) atoms. The molecule has 0 saturated carbocycles. The molecule has 7 N–H and O–H groups in total. The van der Waals surface area contributed by atoms with Gasteiger partial charge in [0.2, 0.25) is 17.8 Å². The normalized spacial score (nSPS) is 11.9. The molecular formula is C35H32N8O15S5. The van der Waals surface area contributed by atoms with E-state index in [2.05, 4.69) is 69.2 Å². The standard InChI is InChI=1S/C35H32N8O15S5/c1-2-62(48,49)27-13-8-23(9-14-27)42-43-31-30(60-57-54-46)19-21-18-25(10-15-29(21)32(31)44)38-35-40-33(39-34(41-35)37-24-4-3-5-26(20-24)59-56-53-45)36-22-6-11-28(12-7-22)63(50,51)17-16-52-61-58-55-47/h3-15,18-20,44-47H,2,16-17H2,1H3,(H3,36,37,38,39,40,41). The molecule has 0 fully saturated rings. The van der Waals surface area contributed by atoms with E-state index < -0.39 is 25.4 Å². The molecule has 1 aromatic heterocycles. The lowest BCUT2D eigenvalue weighted by Crippen LogP contribution is -2.11. The summed E-state index contributed by atoms with van der Waals surface area (Å²) in [7, 11) is -7.20. The van der Waals surface area contributed by atoms with Gasteiger partial charge in [-0.1, -0.05) is 28.1 Å². The van der Waals surface area contributed by atoms with Gasteiger partial charge in [0.05, 0.1) is 62.6 Å². The van der Waals surface area contributed by atoms with E-state index in [9.17, 15) is 21.9 Å². The van der Waals surface area contributed by atoms with Crippen LogP contribution >= 0.6 is 36.4 Å². The number of hydrogen-bond acceptors (Lipinski definition) is 26. The van der Waals surface area contributed by atoms with E-state index >= 15 is 0 Å². The van der Waals surface area contributed by atoms with Crippen LogP contribution in [0.3, 0.4) is 0 Å². The van der Waals surface area contributed by atoms with Crippen molar-refractivity contribution in [2.75, 3.05) is 34.1 Å². The number of anilines is 6. The van der Waals surface area contributed by atoms with Gasteiger partial charge in [0.15, 0.2) is 37.7 Å². The highest BCUT2D eigenvalue weighted by molar-refractivity contribution is 7.95. The van der Waals surface area contributed by atoms with Crippen molar-refractivity contribution in [1.82, 2.24) is 15.0 Å². The zero-order valence-corrected chi connectivity index (χ0v) is 36.0. The Labute approximate surface area is 370 Å². The van der Waals surface area contributed by atoms with E-state index in [1.54, 1.807) is 48.5 Å². The molecule has 0 saturated heterocycles. The molecule has 5 aromatic carbocycles. The second kappa shape index (κ2) is 22.4. The minimum Gasteiger partial charge on any atom is -0.505 e. The summed E-state index contributed by atoms with van der Waals surface area (Å²) < 4.78 is 68.1. The number of aromatic nitrogens is 3. The molecule has 332 valence electrons. The maximum atomic E-state index is 12.8. The van der Waals surface area contributed by atoms with Crippen LogP contribution in [-0.2, 0) is 52.0 Å². The summed E-state index contributed by atoms with van der Waals surface area (Å²) in [5.41, 5.74) is 1.60. The quantitative estimate of drug-likeness (QED) is 0.0104. The Bertz CT molecular complexity index is 2760. The molecule has 0 bridgehead atoms. The van der Waals surface area contributed by atoms with E-state index in [4.69, 9.17) is 20.0 Å². The van der Waals surface area contributed by atoms with E-state index in [0.29, 0.717) is 50.5 Å². The van der Waals surface area contributed by atoms with Crippen molar-refractivity contribution in [1.29, 1.82) is 0 Å². The van der Waals surface area contributed by atoms with Gasteiger partial charge in [-0.25, -0.2) is 32.6 Å². The molecule has 0 atom stereocenters. The predicted octanol–water partition coefficient (Wildman–Crippen LogP) is 8.80. The smallest absolute Gasteiger partial charge is 0.233 e. The Balaban J connectivity index is 1.28. The number of nitrogens with one attached hydrogen (secondary N) is 3. The van der Waals surface area contributed by atoms with E-state index in [1.165, 1.54) is 55.5 Å². The van der Waals surface area contributed by atoms with Crippen LogP contribution in [-0.4, -0.2) is 70.8 Å². The molecule has 0 amide bonds. The number of benzene rings is 5. The van der Waals surface area contributed by atoms with Crippen molar-refractivity contribution in [3.63, 3.8) is 0 Å². The van der Waals surface area contributed by atoms with E-state index in [1.807, 2.05) is 0 Å². The molecule has 0 aliphatic rings. The van der Waals surface area contributed by atoms with Gasteiger partial charge in [-0.2, -0.15) is 20.1 Å². The van der Waals surface area contributed by atoms with Crippen LogP contribution in [0, 0.1) is 0 Å². The molecule has 28 heteroatoms. The van der Waals surface area contributed by atoms with Crippen molar-refractivity contribution < 1.29 is 70.0 Å². The fourth-order valence-corrected chi connectivity index (χ4v) is 8.53. The summed E-state index contributed by atoms with van der Waals surface area (Å²) in [6.45, 7) is 1.27. The Hall–Kier alpha value is -5.28. The number of nitrogens with zero attached hydrogens (tertiary/aromatic N) is 5. The van der Waals surface area contributed by atoms with Crippen molar-refractivity contribution >= 4 is 113 Å². The van der Waals surface area contributed by atoms with Gasteiger partial charge in [0.1, 0.15) is 5.69 Å². The summed E-state index contributed by atoms with van der Waals surface area (Å²) in [4.78, 5) is 14.3. The topological polar surface area (TPSA) is 313 Å². The summed E-state index contributed by atoms with van der Waals surface area (Å²) in [5.74, 6) is -0.657. The number of azo groups is 1. The van der Waals surface area contributed by atoms with Crippen molar-refractivity contribution in [3.8, 4) is 5.75 Å². The van der Waals surface area contributed by atoms with Crippen LogP contribution in [0.15, 0.2) is 127 Å². The van der Waals surface area contributed by atoms with Crippen LogP contribution in [0.4, 0.5) is 46.3 Å². The van der Waals surface area contributed by atoms with Crippen LogP contribution in [0.2, 0.25) is 0 Å². The molecule has 0 spiro atoms. The number of aromatic hydroxyl groups is 1. The number of sulfone groups is 2. The summed E-state index contributed by atoms with van der Waals surface area (Å²) in [6.07, 6.45) is 0. The first-order valence-electron chi connectivity index (χ1n) is 17.5. The molecule has 0 aliphatic heterocycles. The third-order valence-corrected chi connectivity index (χ3v) is 13.2. The number of fused-ring (bicyclic) bond motifs is 1. The molecule has 0 unspecified atom stereocenters. The number of phenols is 1. The fourth-order valence-electron chi connectivity index (χ4n) is 5.32. The Morgan fingerprint density at radius 2 is 1.24 bits per heavy atom. The van der Waals surface area contributed by atoms with Crippen molar-refractivity contribution in [2.24, 2.45) is 10.2 Å². The average molecular weight is 965 g/mol. The molecule has 0 radical (unpaired) electrons. The Morgan fingerprint density at radius 1 is 0.651 bits per heavy atom. The minimum atomic E-state index is -3.77. The average Bonchev–Trinajstić information content (AvgIpc) is 3.27. The van der Waals surface area contributed by atoms with Gasteiger partial charge in [0, 0.05) is 27.3 Å². The Kier molecular flexibility index (Phi) is 16.8. The lowest BCUT2D eigenvalue weighted by Gasteiger charge is -2.13. The Morgan fingerprint density at radius 3 is 1.89 bits per heavy atom. The van der Waals surface area contributed by atoms with Gasteiger partial charge in [-0.15, -0.1) is 18.1 Å². The monoisotopic (exact) mass is 964 g/mol. The molecule has 23 nitrogen and oxygen atoms in total. The maximum Gasteiger partial charge on any atom is 0.233 e. The third-order valence-electron chi connectivity index (χ3n) is 8.20.